The highest BCUT2D eigenvalue weighted by Crippen LogP contribution is 2.38. The topological polar surface area (TPSA) is 3.24 Å². The molecule has 16 heavy (non-hydrogen) atoms. The monoisotopic (exact) mass is 235 g/mol. The average Bonchev–Trinajstić information content (AvgIpc) is 2.69. The summed E-state index contributed by atoms with van der Waals surface area (Å²) in [6.07, 6.45) is 2.68. The molecule has 0 radical (unpaired) electrons. The lowest BCUT2D eigenvalue weighted by Gasteiger charge is -2.25. The minimum Gasteiger partial charge on any atom is -0.371 e. The molecule has 1 fully saturated rings. The van der Waals surface area contributed by atoms with Crippen molar-refractivity contribution < 1.29 is 0 Å². The predicted octanol–water partition coefficient (Wildman–Crippen LogP) is 4.18. The molecule has 0 N–H and O–H groups in total. The van der Waals surface area contributed by atoms with E-state index in [0.29, 0.717) is 0 Å². The van der Waals surface area contributed by atoms with E-state index in [9.17, 15) is 0 Å². The molecule has 0 spiro atoms. The molecule has 0 amide bonds. The van der Waals surface area contributed by atoms with Crippen molar-refractivity contribution in [1.82, 2.24) is 0 Å². The van der Waals surface area contributed by atoms with E-state index in [1.54, 1.807) is 0 Å². The first-order valence-electron chi connectivity index (χ1n) is 6.09. The lowest BCUT2D eigenvalue weighted by atomic mass is 10.2. The lowest BCUT2D eigenvalue weighted by molar-refractivity contribution is 0.802. The Kier molecular flexibility index (Phi) is 3.48. The van der Waals surface area contributed by atoms with Gasteiger partial charge in [0.25, 0.3) is 0 Å². The maximum absolute atomic E-state index is 2.52. The summed E-state index contributed by atoms with van der Waals surface area (Å²) in [6, 6.07) is 8.82. The Morgan fingerprint density at radius 1 is 1.06 bits per heavy atom. The zero-order valence-corrected chi connectivity index (χ0v) is 11.3. The van der Waals surface area contributed by atoms with Crippen LogP contribution in [-0.4, -0.2) is 17.8 Å². The van der Waals surface area contributed by atoms with Crippen molar-refractivity contribution in [2.45, 2.75) is 43.3 Å². The van der Waals surface area contributed by atoms with Gasteiger partial charge in [-0.3, -0.25) is 0 Å². The van der Waals surface area contributed by atoms with Crippen LogP contribution in [0.5, 0.6) is 0 Å². The number of benzene rings is 1. The van der Waals surface area contributed by atoms with Crippen LogP contribution in [0.1, 0.15) is 33.6 Å². The van der Waals surface area contributed by atoms with Gasteiger partial charge in [0, 0.05) is 22.7 Å². The van der Waals surface area contributed by atoms with Gasteiger partial charge in [0.2, 0.25) is 0 Å². The van der Waals surface area contributed by atoms with E-state index in [0.717, 1.165) is 0 Å². The molecule has 0 bridgehead atoms. The Bertz CT molecular complexity index is 348. The van der Waals surface area contributed by atoms with E-state index < -0.39 is 0 Å². The number of hydrogen-bond acceptors (Lipinski definition) is 2. The van der Waals surface area contributed by atoms with Gasteiger partial charge in [-0.15, -0.1) is 11.8 Å². The van der Waals surface area contributed by atoms with Crippen molar-refractivity contribution >= 4 is 17.4 Å². The van der Waals surface area contributed by atoms with E-state index >= 15 is 0 Å². The molecule has 1 aromatic carbocycles. The first kappa shape index (κ1) is 11.8. The zero-order chi connectivity index (χ0) is 11.6. The molecule has 1 saturated heterocycles. The van der Waals surface area contributed by atoms with Crippen LogP contribution in [-0.2, 0) is 0 Å². The van der Waals surface area contributed by atoms with E-state index in [1.165, 1.54) is 36.5 Å². The first-order valence-corrected chi connectivity index (χ1v) is 6.91. The van der Waals surface area contributed by atoms with Gasteiger partial charge in [0.1, 0.15) is 0 Å². The molecule has 88 valence electrons. The summed E-state index contributed by atoms with van der Waals surface area (Å²) < 4.78 is 0.288. The molecule has 1 aliphatic heterocycles. The van der Waals surface area contributed by atoms with Gasteiger partial charge in [-0.25, -0.2) is 0 Å². The summed E-state index contributed by atoms with van der Waals surface area (Å²) >= 11 is 1.97. The molecule has 0 saturated carbocycles. The fourth-order valence-corrected chi connectivity index (χ4v) is 3.20. The highest BCUT2D eigenvalue weighted by molar-refractivity contribution is 8.00. The van der Waals surface area contributed by atoms with Crippen molar-refractivity contribution in [2.24, 2.45) is 0 Å². The van der Waals surface area contributed by atoms with Gasteiger partial charge in [-0.2, -0.15) is 0 Å². The molecule has 2 rings (SSSR count). The van der Waals surface area contributed by atoms with Gasteiger partial charge in [-0.1, -0.05) is 32.9 Å². The number of anilines is 1. The van der Waals surface area contributed by atoms with Crippen LogP contribution in [0.2, 0.25) is 0 Å². The fourth-order valence-electron chi connectivity index (χ4n) is 2.09. The number of nitrogens with zero attached hydrogens (tertiary/aromatic N) is 1. The Hall–Kier alpha value is -0.630. The summed E-state index contributed by atoms with van der Waals surface area (Å²) in [5.41, 5.74) is 1.43. The molecular weight excluding hydrogens is 214 g/mol. The fraction of sp³-hybridized carbons (Fsp3) is 0.571. The second kappa shape index (κ2) is 4.70. The van der Waals surface area contributed by atoms with E-state index in [4.69, 9.17) is 0 Å². The molecule has 0 aromatic heterocycles. The quantitative estimate of drug-likeness (QED) is 0.708. The van der Waals surface area contributed by atoms with Crippen molar-refractivity contribution in [2.75, 3.05) is 18.0 Å². The van der Waals surface area contributed by atoms with E-state index in [2.05, 4.69) is 49.9 Å². The van der Waals surface area contributed by atoms with Gasteiger partial charge in [-0.05, 0) is 25.0 Å². The van der Waals surface area contributed by atoms with Crippen molar-refractivity contribution in [3.63, 3.8) is 0 Å². The number of para-hydroxylation sites is 1. The van der Waals surface area contributed by atoms with E-state index in [1.807, 2.05) is 11.8 Å². The maximum atomic E-state index is 2.52. The summed E-state index contributed by atoms with van der Waals surface area (Å²) in [5.74, 6) is 0. The zero-order valence-electron chi connectivity index (χ0n) is 10.5. The highest BCUT2D eigenvalue weighted by Gasteiger charge is 2.19. The normalized spacial score (nSPS) is 16.8. The van der Waals surface area contributed by atoms with Gasteiger partial charge in [0.15, 0.2) is 0 Å². The van der Waals surface area contributed by atoms with Gasteiger partial charge >= 0.3 is 0 Å². The SMILES string of the molecule is CC(C)(C)Sc1ccccc1N1CCCC1. The van der Waals surface area contributed by atoms with Crippen LogP contribution in [0.25, 0.3) is 0 Å². The second-order valence-corrected chi connectivity index (χ2v) is 7.25. The Labute approximate surface area is 103 Å². The average molecular weight is 235 g/mol. The molecule has 1 heterocycles. The molecule has 0 atom stereocenters. The minimum absolute atomic E-state index is 0.288. The van der Waals surface area contributed by atoms with Crippen LogP contribution in [0.15, 0.2) is 29.2 Å². The first-order chi connectivity index (χ1) is 7.56. The van der Waals surface area contributed by atoms with Gasteiger partial charge in [0.05, 0.1) is 5.69 Å². The molecule has 1 aliphatic rings. The molecule has 1 aromatic rings. The smallest absolute Gasteiger partial charge is 0.0504 e. The van der Waals surface area contributed by atoms with E-state index in [-0.39, 0.29) is 4.75 Å². The Morgan fingerprint density at radius 3 is 2.31 bits per heavy atom. The van der Waals surface area contributed by atoms with Crippen molar-refractivity contribution in [3.05, 3.63) is 24.3 Å². The third-order valence-corrected chi connectivity index (χ3v) is 3.91. The van der Waals surface area contributed by atoms with Crippen LogP contribution in [0, 0.1) is 0 Å². The van der Waals surface area contributed by atoms with Crippen LogP contribution < -0.4 is 4.90 Å². The molecular formula is C14H21NS. The van der Waals surface area contributed by atoms with Crippen LogP contribution in [0.3, 0.4) is 0 Å². The van der Waals surface area contributed by atoms with Crippen molar-refractivity contribution in [1.29, 1.82) is 0 Å². The summed E-state index contributed by atoms with van der Waals surface area (Å²) in [5, 5.41) is 0. The Balaban J connectivity index is 2.23. The molecule has 0 aliphatic carbocycles. The predicted molar refractivity (Wildman–Crippen MR) is 73.5 cm³/mol. The number of thioether (sulfide) groups is 1. The van der Waals surface area contributed by atoms with Crippen LogP contribution in [0.4, 0.5) is 5.69 Å². The summed E-state index contributed by atoms with van der Waals surface area (Å²) in [6.45, 7) is 9.28. The highest BCUT2D eigenvalue weighted by atomic mass is 32.2. The third kappa shape index (κ3) is 2.94. The van der Waals surface area contributed by atoms with Crippen LogP contribution >= 0.6 is 11.8 Å². The molecule has 0 unspecified atom stereocenters. The number of hydrogen-bond donors (Lipinski definition) is 0. The summed E-state index contributed by atoms with van der Waals surface area (Å²) in [7, 11) is 0. The summed E-state index contributed by atoms with van der Waals surface area (Å²) in [4.78, 5) is 3.95. The largest absolute Gasteiger partial charge is 0.371 e. The standard InChI is InChI=1S/C14H21NS/c1-14(2,3)16-13-9-5-4-8-12(13)15-10-6-7-11-15/h4-5,8-9H,6-7,10-11H2,1-3H3. The molecule has 1 nitrogen and oxygen atoms in total. The van der Waals surface area contributed by atoms with Crippen molar-refractivity contribution in [3.8, 4) is 0 Å². The maximum Gasteiger partial charge on any atom is 0.0504 e. The lowest BCUT2D eigenvalue weighted by Crippen LogP contribution is -2.19. The third-order valence-electron chi connectivity index (χ3n) is 2.73. The minimum atomic E-state index is 0.288. The second-order valence-electron chi connectivity index (χ2n) is 5.38. The van der Waals surface area contributed by atoms with Gasteiger partial charge < -0.3 is 4.90 Å². The molecule has 2 heteroatoms. The Morgan fingerprint density at radius 2 is 1.69 bits per heavy atom. The number of rotatable bonds is 2.